The first-order valence-electron chi connectivity index (χ1n) is 20.6. The van der Waals surface area contributed by atoms with Crippen molar-refractivity contribution in [2.24, 2.45) is 5.73 Å². The minimum absolute atomic E-state index is 0.0151. The van der Waals surface area contributed by atoms with E-state index in [1.54, 1.807) is 0 Å². The maximum absolute atomic E-state index is 12.9. The third-order valence-corrected chi connectivity index (χ3v) is 9.24. The Hall–Kier alpha value is -2.44. The van der Waals surface area contributed by atoms with E-state index in [2.05, 4.69) is 80.1 Å². The second-order valence-corrected chi connectivity index (χ2v) is 14.1. The van der Waals surface area contributed by atoms with Crippen LogP contribution < -0.4 is 20.2 Å². The molecule has 0 bridgehead atoms. The number of rotatable bonds is 20. The zero-order valence-electron chi connectivity index (χ0n) is 35.4. The highest BCUT2D eigenvalue weighted by atomic mass is 35.5. The van der Waals surface area contributed by atoms with E-state index in [0.29, 0.717) is 26.4 Å². The number of halogens is 1. The molecular weight excluding hydrogens is 700 g/mol. The summed E-state index contributed by atoms with van der Waals surface area (Å²) < 4.78 is 22.3. The molecule has 1 aliphatic carbocycles. The zero-order valence-corrected chi connectivity index (χ0v) is 36.2. The van der Waals surface area contributed by atoms with E-state index in [1.165, 1.54) is 42.4 Å². The monoisotopic (exact) mass is 777 g/mol. The molecule has 11 heteroatoms. The van der Waals surface area contributed by atoms with Crippen molar-refractivity contribution in [2.45, 2.75) is 112 Å². The number of pyridine rings is 2. The summed E-state index contributed by atoms with van der Waals surface area (Å²) in [7, 11) is 1.50. The highest BCUT2D eigenvalue weighted by molar-refractivity contribution is 6.17. The van der Waals surface area contributed by atoms with Crippen LogP contribution in [0.4, 0.5) is 0 Å². The number of amides is 1. The zero-order chi connectivity index (χ0) is 40.2. The molecule has 5 rings (SSSR count). The van der Waals surface area contributed by atoms with Crippen LogP contribution >= 0.6 is 11.6 Å². The Balaban J connectivity index is 0.00000133. The van der Waals surface area contributed by atoms with Crippen molar-refractivity contribution in [3.05, 3.63) is 59.9 Å². The van der Waals surface area contributed by atoms with Crippen molar-refractivity contribution >= 4 is 17.5 Å². The van der Waals surface area contributed by atoms with E-state index in [9.17, 15) is 4.79 Å². The van der Waals surface area contributed by atoms with E-state index in [0.717, 1.165) is 103 Å². The number of carbonyl (C=O) groups is 1. The molecule has 0 aromatic carbocycles. The molecule has 308 valence electrons. The number of allylic oxidation sites excluding steroid dienone is 1. The molecular formula is C43H77ClN6O4+2. The Labute approximate surface area is 334 Å². The van der Waals surface area contributed by atoms with Gasteiger partial charge in [-0.2, -0.15) is 0 Å². The molecule has 2 aromatic rings. The van der Waals surface area contributed by atoms with E-state index < -0.39 is 5.60 Å². The molecule has 3 N–H and O–H groups in total. The number of ether oxygens (including phenoxy) is 3. The number of piperazine rings is 1. The maximum Gasteiger partial charge on any atom is 0.345 e. The Morgan fingerprint density at radius 2 is 1.39 bits per heavy atom. The summed E-state index contributed by atoms with van der Waals surface area (Å²) in [6, 6.07) is 8.63. The van der Waals surface area contributed by atoms with Gasteiger partial charge in [-0.3, -0.25) is 9.69 Å². The molecule has 1 saturated heterocycles. The van der Waals surface area contributed by atoms with Crippen LogP contribution in [0.25, 0.3) is 11.4 Å². The molecule has 0 radical (unpaired) electrons. The molecule has 1 saturated carbocycles. The number of carbonyl (C=O) groups excluding carboxylic acids is 1. The van der Waals surface area contributed by atoms with Gasteiger partial charge < -0.3 is 30.2 Å². The number of aromatic nitrogens is 2. The third kappa shape index (κ3) is 18.9. The average molecular weight is 778 g/mol. The minimum Gasteiger partial charge on any atom is -0.380 e. The molecule has 2 aliphatic heterocycles. The Bertz CT molecular complexity index is 1300. The fraction of sp³-hybridized carbons (Fsp3) is 0.698. The summed E-state index contributed by atoms with van der Waals surface area (Å²) in [4.78, 5) is 17.9. The van der Waals surface area contributed by atoms with Crippen molar-refractivity contribution in [2.75, 3.05) is 85.2 Å². The highest BCUT2D eigenvalue weighted by Crippen LogP contribution is 2.40. The predicted octanol–water partition coefficient (Wildman–Crippen LogP) is 6.27. The van der Waals surface area contributed by atoms with Gasteiger partial charge in [0, 0.05) is 89.2 Å². The van der Waals surface area contributed by atoms with Gasteiger partial charge in [0.2, 0.25) is 0 Å². The predicted molar refractivity (Wildman–Crippen MR) is 224 cm³/mol. The van der Waals surface area contributed by atoms with Gasteiger partial charge in [-0.05, 0) is 71.0 Å². The van der Waals surface area contributed by atoms with E-state index in [-0.39, 0.29) is 5.91 Å². The summed E-state index contributed by atoms with van der Waals surface area (Å²) in [5, 5.41) is 3.04. The van der Waals surface area contributed by atoms with Crippen molar-refractivity contribution < 1.29 is 28.1 Å². The maximum atomic E-state index is 12.9. The Kier molecular flexibility index (Phi) is 27.4. The van der Waals surface area contributed by atoms with Gasteiger partial charge in [0.05, 0.1) is 19.8 Å². The largest absolute Gasteiger partial charge is 0.380 e. The van der Waals surface area contributed by atoms with Crippen LogP contribution in [0, 0.1) is 6.92 Å². The number of nitrogens with zero attached hydrogens (tertiary/aromatic N) is 4. The molecule has 3 aliphatic rings. The third-order valence-electron chi connectivity index (χ3n) is 8.98. The average Bonchev–Trinajstić information content (AvgIpc) is 3.91. The fourth-order valence-electron chi connectivity index (χ4n) is 6.00. The standard InChI is InChI=1S/C34H51ClN5O4.C4H8.2C2H6.CH5N/c1-29-7-14-39-28-40-15-8-30(26-32(40)31(39)25-29)27-44-34(9-10-34)33(41)36-12-23-42-22-6-13-37-16-18-38(19-17-37)20-24-43-21-5-3-2-4-11-35;1-4(2)3;3*1-2/h7-8,14-15,25-26H,2-6,9-13,16-24,27-28H2,1H3;1H2,2-3H3;2*1-2H3;2H2,1H3/q+1;;;;/p+1. The van der Waals surface area contributed by atoms with Crippen LogP contribution in [-0.4, -0.2) is 106 Å². The first kappa shape index (κ1) is 49.6. The topological polar surface area (TPSA) is 97.0 Å². The van der Waals surface area contributed by atoms with Crippen LogP contribution in [0.3, 0.4) is 0 Å². The lowest BCUT2D eigenvalue weighted by Gasteiger charge is -2.34. The number of nitrogens with two attached hydrogens (primary N) is 1. The number of aryl methyl sites for hydroxylation is 1. The molecule has 0 spiro atoms. The molecule has 0 atom stereocenters. The first-order valence-corrected chi connectivity index (χ1v) is 21.1. The Morgan fingerprint density at radius 1 is 0.833 bits per heavy atom. The van der Waals surface area contributed by atoms with Gasteiger partial charge in [0.25, 0.3) is 17.3 Å². The summed E-state index contributed by atoms with van der Waals surface area (Å²) in [5.74, 6) is 0.752. The van der Waals surface area contributed by atoms with Crippen molar-refractivity contribution in [3.8, 4) is 11.4 Å². The van der Waals surface area contributed by atoms with Crippen LogP contribution in [0.5, 0.6) is 0 Å². The first-order chi connectivity index (χ1) is 26.3. The van der Waals surface area contributed by atoms with Crippen LogP contribution in [-0.2, 0) is 32.3 Å². The number of hydrogen-bond donors (Lipinski definition) is 2. The molecule has 54 heavy (non-hydrogen) atoms. The van der Waals surface area contributed by atoms with E-state index in [1.807, 2.05) is 41.5 Å². The van der Waals surface area contributed by atoms with E-state index in [4.69, 9.17) is 25.8 Å². The summed E-state index contributed by atoms with van der Waals surface area (Å²) >= 11 is 5.72. The van der Waals surface area contributed by atoms with Gasteiger partial charge in [0.1, 0.15) is 5.60 Å². The lowest BCUT2D eigenvalue weighted by molar-refractivity contribution is -0.877. The Morgan fingerprint density at radius 3 is 2.02 bits per heavy atom. The SMILES string of the molecule is C=C(C)C.CC.CC.CN.Cc1cc[n+]2c(c1)-c1cc(COC3(C(=O)NCCOCCCN4CCN(CCOCCCCCCCl)CC4)CC3)cc[n+]1C2. The van der Waals surface area contributed by atoms with Gasteiger partial charge in [-0.25, -0.2) is 0 Å². The van der Waals surface area contributed by atoms with Crippen LogP contribution in [0.15, 0.2) is 48.8 Å². The number of alkyl halides is 1. The number of unbranched alkanes of at least 4 members (excludes halogenated alkanes) is 3. The molecule has 10 nitrogen and oxygen atoms in total. The lowest BCUT2D eigenvalue weighted by atomic mass is 10.1. The van der Waals surface area contributed by atoms with Gasteiger partial charge >= 0.3 is 6.67 Å². The minimum atomic E-state index is -0.687. The number of fused-ring (bicyclic) bond motifs is 3. The van der Waals surface area contributed by atoms with Crippen molar-refractivity contribution in [3.63, 3.8) is 0 Å². The van der Waals surface area contributed by atoms with Crippen LogP contribution in [0.2, 0.25) is 0 Å². The molecule has 4 heterocycles. The van der Waals surface area contributed by atoms with Gasteiger partial charge in [0.15, 0.2) is 12.4 Å². The molecule has 0 unspecified atom stereocenters. The second-order valence-electron chi connectivity index (χ2n) is 13.7. The molecule has 1 amide bonds. The van der Waals surface area contributed by atoms with Crippen LogP contribution in [0.1, 0.15) is 97.6 Å². The van der Waals surface area contributed by atoms with Crippen molar-refractivity contribution in [1.29, 1.82) is 0 Å². The lowest BCUT2D eigenvalue weighted by Crippen LogP contribution is -2.47. The normalized spacial score (nSPS) is 15.0. The van der Waals surface area contributed by atoms with E-state index >= 15 is 0 Å². The summed E-state index contributed by atoms with van der Waals surface area (Å²) in [6.07, 6.45) is 11.5. The molecule has 2 aromatic heterocycles. The fourth-order valence-corrected chi connectivity index (χ4v) is 6.19. The summed E-state index contributed by atoms with van der Waals surface area (Å²) in [6.45, 7) is 28.8. The smallest absolute Gasteiger partial charge is 0.345 e. The quantitative estimate of drug-likeness (QED) is 0.0605. The number of hydrogen-bond acceptors (Lipinski definition) is 7. The number of nitrogens with one attached hydrogen (secondary N) is 1. The van der Waals surface area contributed by atoms with Gasteiger partial charge in [-0.15, -0.1) is 27.3 Å². The van der Waals surface area contributed by atoms with Crippen molar-refractivity contribution in [1.82, 2.24) is 15.1 Å². The second kappa shape index (κ2) is 29.8. The molecule has 2 fully saturated rings. The highest BCUT2D eigenvalue weighted by Gasteiger charge is 2.51. The van der Waals surface area contributed by atoms with Gasteiger partial charge in [-0.1, -0.05) is 46.1 Å². The summed E-state index contributed by atoms with van der Waals surface area (Å²) in [5.41, 5.74) is 9.71.